The summed E-state index contributed by atoms with van der Waals surface area (Å²) in [6.07, 6.45) is 1.84. The first-order valence-corrected chi connectivity index (χ1v) is 8.91. The van der Waals surface area contributed by atoms with Crippen molar-refractivity contribution in [1.82, 2.24) is 4.90 Å². The number of carbonyl (C=O) groups excluding carboxylic acids is 2. The Morgan fingerprint density at radius 1 is 1.08 bits per heavy atom. The third-order valence-corrected chi connectivity index (χ3v) is 4.07. The van der Waals surface area contributed by atoms with Crippen LogP contribution in [0.2, 0.25) is 5.02 Å². The maximum absolute atomic E-state index is 12.0. The van der Waals surface area contributed by atoms with Crippen molar-refractivity contribution in [2.75, 3.05) is 18.9 Å². The molecular weight excluding hydrogens is 352 g/mol. The van der Waals surface area contributed by atoms with Gasteiger partial charge in [-0.1, -0.05) is 37.1 Å². The van der Waals surface area contributed by atoms with Gasteiger partial charge in [-0.15, -0.1) is 0 Å². The summed E-state index contributed by atoms with van der Waals surface area (Å²) in [6.45, 7) is 3.03. The average Bonchev–Trinajstić information content (AvgIpc) is 2.66. The number of benzene rings is 2. The van der Waals surface area contributed by atoms with Crippen molar-refractivity contribution in [3.05, 3.63) is 59.1 Å². The molecule has 5 nitrogen and oxygen atoms in total. The summed E-state index contributed by atoms with van der Waals surface area (Å²) in [5.41, 5.74) is 1.55. The number of nitrogens with zero attached hydrogens (tertiary/aromatic N) is 1. The second kappa shape index (κ2) is 9.82. The zero-order valence-electron chi connectivity index (χ0n) is 15.0. The normalized spacial score (nSPS) is 10.3. The fraction of sp³-hybridized carbons (Fsp3) is 0.300. The van der Waals surface area contributed by atoms with Gasteiger partial charge in [-0.2, -0.15) is 0 Å². The molecule has 0 bridgehead atoms. The lowest BCUT2D eigenvalue weighted by molar-refractivity contribution is -0.142. The van der Waals surface area contributed by atoms with E-state index >= 15 is 0 Å². The van der Waals surface area contributed by atoms with Crippen LogP contribution in [0.3, 0.4) is 0 Å². The Hall–Kier alpha value is -2.53. The van der Waals surface area contributed by atoms with Crippen LogP contribution in [0.15, 0.2) is 48.5 Å². The molecule has 0 saturated heterocycles. The molecule has 0 fully saturated rings. The topological polar surface area (TPSA) is 58.6 Å². The van der Waals surface area contributed by atoms with Gasteiger partial charge in [-0.3, -0.25) is 9.59 Å². The van der Waals surface area contributed by atoms with Gasteiger partial charge in [0.15, 0.2) is 0 Å². The van der Waals surface area contributed by atoms with Gasteiger partial charge >= 0.3 is 11.8 Å². The van der Waals surface area contributed by atoms with E-state index in [0.717, 1.165) is 18.4 Å². The van der Waals surface area contributed by atoms with E-state index < -0.39 is 11.8 Å². The maximum Gasteiger partial charge on any atom is 0.313 e. The number of rotatable bonds is 7. The van der Waals surface area contributed by atoms with Crippen LogP contribution >= 0.6 is 11.6 Å². The SMILES string of the molecule is CCCCN(C)C(=O)C(=O)Nc1ccc(OCc2ccc(Cl)cc2)cc1. The number of ether oxygens (including phenoxy) is 1. The van der Waals surface area contributed by atoms with E-state index in [9.17, 15) is 9.59 Å². The van der Waals surface area contributed by atoms with Crippen LogP contribution < -0.4 is 10.1 Å². The summed E-state index contributed by atoms with van der Waals surface area (Å²) in [7, 11) is 1.63. The molecule has 138 valence electrons. The highest BCUT2D eigenvalue weighted by atomic mass is 35.5. The zero-order valence-corrected chi connectivity index (χ0v) is 15.8. The predicted octanol–water partition coefficient (Wildman–Crippen LogP) is 4.12. The van der Waals surface area contributed by atoms with Crippen molar-refractivity contribution in [3.8, 4) is 5.75 Å². The molecule has 0 atom stereocenters. The predicted molar refractivity (Wildman–Crippen MR) is 103 cm³/mol. The number of unbranched alkanes of at least 4 members (excludes halogenated alkanes) is 1. The molecule has 0 aliphatic heterocycles. The standard InChI is InChI=1S/C20H23ClN2O3/c1-3-4-13-23(2)20(25)19(24)22-17-9-11-18(12-10-17)26-14-15-5-7-16(21)8-6-15/h5-12H,3-4,13-14H2,1-2H3,(H,22,24). The molecule has 0 radical (unpaired) electrons. The van der Waals surface area contributed by atoms with Crippen molar-refractivity contribution < 1.29 is 14.3 Å². The van der Waals surface area contributed by atoms with Crippen LogP contribution in [-0.2, 0) is 16.2 Å². The Kier molecular flexibility index (Phi) is 7.48. The minimum absolute atomic E-state index is 0.420. The Morgan fingerprint density at radius 3 is 2.35 bits per heavy atom. The number of hydrogen-bond donors (Lipinski definition) is 1. The van der Waals surface area contributed by atoms with E-state index in [1.54, 1.807) is 31.3 Å². The molecule has 0 aliphatic rings. The molecule has 0 spiro atoms. The van der Waals surface area contributed by atoms with Crippen LogP contribution in [0.4, 0.5) is 5.69 Å². The van der Waals surface area contributed by atoms with E-state index in [2.05, 4.69) is 5.32 Å². The summed E-state index contributed by atoms with van der Waals surface area (Å²) < 4.78 is 5.69. The smallest absolute Gasteiger partial charge is 0.313 e. The Labute approximate surface area is 158 Å². The highest BCUT2D eigenvalue weighted by Crippen LogP contribution is 2.18. The van der Waals surface area contributed by atoms with E-state index in [1.807, 2.05) is 31.2 Å². The molecule has 0 aromatic heterocycles. The molecule has 0 aliphatic carbocycles. The monoisotopic (exact) mass is 374 g/mol. The zero-order chi connectivity index (χ0) is 18.9. The number of halogens is 1. The molecule has 0 heterocycles. The minimum atomic E-state index is -0.640. The van der Waals surface area contributed by atoms with Crippen LogP contribution in [0, 0.1) is 0 Å². The van der Waals surface area contributed by atoms with Gasteiger partial charge in [0, 0.05) is 24.3 Å². The highest BCUT2D eigenvalue weighted by Gasteiger charge is 2.18. The maximum atomic E-state index is 12.0. The first kappa shape index (κ1) is 19.8. The van der Waals surface area contributed by atoms with Gasteiger partial charge in [-0.25, -0.2) is 0 Å². The van der Waals surface area contributed by atoms with Crippen LogP contribution in [0.1, 0.15) is 25.3 Å². The number of hydrogen-bond acceptors (Lipinski definition) is 3. The van der Waals surface area contributed by atoms with Crippen LogP contribution in [0.25, 0.3) is 0 Å². The first-order chi connectivity index (χ1) is 12.5. The van der Waals surface area contributed by atoms with Crippen molar-refractivity contribution in [2.24, 2.45) is 0 Å². The molecule has 2 rings (SSSR count). The van der Waals surface area contributed by atoms with Crippen molar-refractivity contribution >= 4 is 29.1 Å². The molecule has 6 heteroatoms. The fourth-order valence-electron chi connectivity index (χ4n) is 2.24. The summed E-state index contributed by atoms with van der Waals surface area (Å²) in [5.74, 6) is -0.510. The molecule has 2 aromatic rings. The second-order valence-corrected chi connectivity index (χ2v) is 6.41. The molecule has 0 saturated carbocycles. The number of anilines is 1. The van der Waals surface area contributed by atoms with Crippen molar-refractivity contribution in [3.63, 3.8) is 0 Å². The molecule has 2 amide bonds. The number of amides is 2. The second-order valence-electron chi connectivity index (χ2n) is 5.97. The lowest BCUT2D eigenvalue weighted by Crippen LogP contribution is -2.37. The molecule has 0 unspecified atom stereocenters. The average molecular weight is 375 g/mol. The number of likely N-dealkylation sites (N-methyl/N-ethyl adjacent to an activating group) is 1. The lowest BCUT2D eigenvalue weighted by Gasteiger charge is -2.16. The largest absolute Gasteiger partial charge is 0.489 e. The van der Waals surface area contributed by atoms with E-state index in [1.165, 1.54) is 4.90 Å². The van der Waals surface area contributed by atoms with E-state index in [4.69, 9.17) is 16.3 Å². The van der Waals surface area contributed by atoms with E-state index in [-0.39, 0.29) is 0 Å². The van der Waals surface area contributed by atoms with Crippen LogP contribution in [-0.4, -0.2) is 30.3 Å². The van der Waals surface area contributed by atoms with E-state index in [0.29, 0.717) is 29.6 Å². The highest BCUT2D eigenvalue weighted by molar-refractivity contribution is 6.39. The summed E-state index contributed by atoms with van der Waals surface area (Å²) in [6, 6.07) is 14.3. The van der Waals surface area contributed by atoms with Gasteiger partial charge < -0.3 is 15.0 Å². The number of nitrogens with one attached hydrogen (secondary N) is 1. The van der Waals surface area contributed by atoms with Crippen LogP contribution in [0.5, 0.6) is 5.75 Å². The van der Waals surface area contributed by atoms with Crippen molar-refractivity contribution in [1.29, 1.82) is 0 Å². The minimum Gasteiger partial charge on any atom is -0.489 e. The van der Waals surface area contributed by atoms with Crippen molar-refractivity contribution in [2.45, 2.75) is 26.4 Å². The van der Waals surface area contributed by atoms with Gasteiger partial charge in [0.1, 0.15) is 12.4 Å². The number of carbonyl (C=O) groups is 2. The third-order valence-electron chi connectivity index (χ3n) is 3.82. The summed E-state index contributed by atoms with van der Waals surface area (Å²) in [4.78, 5) is 25.4. The summed E-state index contributed by atoms with van der Waals surface area (Å²) in [5, 5.41) is 3.29. The van der Waals surface area contributed by atoms with Gasteiger partial charge in [-0.05, 0) is 48.4 Å². The van der Waals surface area contributed by atoms with Gasteiger partial charge in [0.2, 0.25) is 0 Å². The Balaban J connectivity index is 1.85. The molecular formula is C20H23ClN2O3. The summed E-state index contributed by atoms with van der Waals surface area (Å²) >= 11 is 5.85. The van der Waals surface area contributed by atoms with Gasteiger partial charge in [0.05, 0.1) is 0 Å². The fourth-order valence-corrected chi connectivity index (χ4v) is 2.36. The molecule has 26 heavy (non-hydrogen) atoms. The third kappa shape index (κ3) is 6.08. The first-order valence-electron chi connectivity index (χ1n) is 8.53. The lowest BCUT2D eigenvalue weighted by atomic mass is 10.2. The molecule has 1 N–H and O–H groups in total. The van der Waals surface area contributed by atoms with Gasteiger partial charge in [0.25, 0.3) is 0 Å². The Bertz CT molecular complexity index is 730. The molecule has 2 aromatic carbocycles. The quantitative estimate of drug-likeness (QED) is 0.742. The Morgan fingerprint density at radius 2 is 1.73 bits per heavy atom.